The number of aliphatic hydroxyl groups excluding tert-OH is 1. The van der Waals surface area contributed by atoms with Gasteiger partial charge in [0.1, 0.15) is 5.70 Å². The summed E-state index contributed by atoms with van der Waals surface area (Å²) < 4.78 is 0. The first-order chi connectivity index (χ1) is 10.5. The van der Waals surface area contributed by atoms with Gasteiger partial charge in [-0.05, 0) is 25.3 Å². The van der Waals surface area contributed by atoms with Gasteiger partial charge < -0.3 is 20.0 Å². The Balaban J connectivity index is 1.85. The van der Waals surface area contributed by atoms with E-state index in [4.69, 9.17) is 0 Å². The van der Waals surface area contributed by atoms with E-state index in [9.17, 15) is 19.8 Å². The van der Waals surface area contributed by atoms with Crippen molar-refractivity contribution < 1.29 is 19.8 Å². The summed E-state index contributed by atoms with van der Waals surface area (Å²) in [5, 5.41) is 19.3. The quantitative estimate of drug-likeness (QED) is 0.430. The lowest BCUT2D eigenvalue weighted by Crippen LogP contribution is -2.61. The summed E-state index contributed by atoms with van der Waals surface area (Å²) in [6, 6.07) is -0.192. The van der Waals surface area contributed by atoms with E-state index in [2.05, 4.69) is 9.89 Å². The third-order valence-electron chi connectivity index (χ3n) is 4.96. The molecule has 0 aromatic heterocycles. The molecule has 0 aliphatic carbocycles. The van der Waals surface area contributed by atoms with Crippen molar-refractivity contribution in [1.29, 1.82) is 0 Å². The molecule has 120 valence electrons. The lowest BCUT2D eigenvalue weighted by molar-refractivity contribution is -0.161. The van der Waals surface area contributed by atoms with Crippen LogP contribution in [-0.2, 0) is 9.59 Å². The first kappa shape index (κ1) is 15.0. The molecule has 3 rings (SSSR count). The lowest BCUT2D eigenvalue weighted by Gasteiger charge is -2.44. The summed E-state index contributed by atoms with van der Waals surface area (Å²) in [7, 11) is 1.71. The number of fused-ring (bicyclic) bond motifs is 1. The molecule has 22 heavy (non-hydrogen) atoms. The molecule has 0 saturated carbocycles. The fourth-order valence-electron chi connectivity index (χ4n) is 4.01. The molecule has 1 amide bonds. The normalized spacial score (nSPS) is 32.7. The summed E-state index contributed by atoms with van der Waals surface area (Å²) in [4.78, 5) is 31.2. The Labute approximate surface area is 128 Å². The monoisotopic (exact) mass is 307 g/mol. The highest BCUT2D eigenvalue weighted by atomic mass is 16.4. The Morgan fingerprint density at radius 1 is 1.50 bits per heavy atom. The largest absolute Gasteiger partial charge is 0.477 e. The Morgan fingerprint density at radius 2 is 2.23 bits per heavy atom. The number of β-lactam (4-membered cyclic amide) rings is 1. The van der Waals surface area contributed by atoms with Crippen LogP contribution >= 0.6 is 0 Å². The molecule has 7 nitrogen and oxygen atoms in total. The van der Waals surface area contributed by atoms with Gasteiger partial charge >= 0.3 is 5.97 Å². The van der Waals surface area contributed by atoms with Gasteiger partial charge in [-0.15, -0.1) is 0 Å². The number of carbonyl (C=O) groups excluding carboxylic acids is 1. The molecule has 7 heteroatoms. The SMILES string of the molecule is CN=CN1CC[C@@H](C2=C(C(=O)O)N3C(=O)[C@H]([C@@H](C)O)[C@H]3C2)C1. The lowest BCUT2D eigenvalue weighted by atomic mass is 9.82. The Bertz CT molecular complexity index is 569. The first-order valence-electron chi connectivity index (χ1n) is 7.59. The number of likely N-dealkylation sites (tertiary alicyclic amines) is 1. The maximum absolute atomic E-state index is 12.2. The van der Waals surface area contributed by atoms with E-state index < -0.39 is 18.0 Å². The third kappa shape index (κ3) is 2.11. The summed E-state index contributed by atoms with van der Waals surface area (Å²) in [6.45, 7) is 3.17. The zero-order valence-corrected chi connectivity index (χ0v) is 12.8. The molecule has 3 heterocycles. The zero-order chi connectivity index (χ0) is 16.0. The van der Waals surface area contributed by atoms with E-state index in [1.165, 1.54) is 4.90 Å². The zero-order valence-electron chi connectivity index (χ0n) is 12.8. The molecule has 0 unspecified atom stereocenters. The smallest absolute Gasteiger partial charge is 0.352 e. The predicted octanol–water partition coefficient (Wildman–Crippen LogP) is -0.0834. The molecule has 2 fully saturated rings. The molecule has 3 aliphatic heterocycles. The standard InChI is InChI=1S/C15H21N3O4/c1-8(19)12-11-5-10(9-3-4-17(6-9)7-16-2)13(15(21)22)18(11)14(12)20/h7-9,11-12,19H,3-6H2,1-2H3,(H,21,22)/t8-,9-,11-,12-/m1/s1. The summed E-state index contributed by atoms with van der Waals surface area (Å²) >= 11 is 0. The van der Waals surface area contributed by atoms with E-state index >= 15 is 0 Å². The van der Waals surface area contributed by atoms with Gasteiger partial charge in [0, 0.05) is 26.1 Å². The van der Waals surface area contributed by atoms with Crippen molar-refractivity contribution >= 4 is 18.2 Å². The van der Waals surface area contributed by atoms with Crippen molar-refractivity contribution in [2.45, 2.75) is 31.9 Å². The van der Waals surface area contributed by atoms with Gasteiger partial charge in [-0.1, -0.05) is 0 Å². The van der Waals surface area contributed by atoms with Gasteiger partial charge in [0.2, 0.25) is 5.91 Å². The number of amides is 1. The molecule has 2 saturated heterocycles. The number of rotatable bonds is 4. The van der Waals surface area contributed by atoms with Crippen LogP contribution in [0.3, 0.4) is 0 Å². The van der Waals surface area contributed by atoms with E-state index in [-0.39, 0.29) is 23.6 Å². The van der Waals surface area contributed by atoms with Crippen LogP contribution in [0.1, 0.15) is 19.8 Å². The number of aliphatic carboxylic acids is 1. The van der Waals surface area contributed by atoms with E-state index in [1.54, 1.807) is 20.3 Å². The van der Waals surface area contributed by atoms with Gasteiger partial charge in [0.25, 0.3) is 0 Å². The van der Waals surface area contributed by atoms with Crippen molar-refractivity contribution in [3.05, 3.63) is 11.3 Å². The average molecular weight is 307 g/mol. The van der Waals surface area contributed by atoms with Crippen LogP contribution in [0.2, 0.25) is 0 Å². The summed E-state index contributed by atoms with van der Waals surface area (Å²) in [6.07, 6.45) is 2.46. The van der Waals surface area contributed by atoms with E-state index in [0.717, 1.165) is 25.1 Å². The number of carboxylic acid groups (broad SMARTS) is 1. The van der Waals surface area contributed by atoms with Crippen LogP contribution in [0.25, 0.3) is 0 Å². The average Bonchev–Trinajstić information content (AvgIpc) is 3.00. The van der Waals surface area contributed by atoms with Crippen LogP contribution < -0.4 is 0 Å². The van der Waals surface area contributed by atoms with Gasteiger partial charge in [0.15, 0.2) is 0 Å². The minimum Gasteiger partial charge on any atom is -0.477 e. The highest BCUT2D eigenvalue weighted by Gasteiger charge is 2.57. The number of hydrogen-bond donors (Lipinski definition) is 2. The first-order valence-corrected chi connectivity index (χ1v) is 7.59. The fraction of sp³-hybridized carbons (Fsp3) is 0.667. The van der Waals surface area contributed by atoms with Gasteiger partial charge in [0.05, 0.1) is 24.4 Å². The maximum atomic E-state index is 12.2. The Hall–Kier alpha value is -1.89. The summed E-state index contributed by atoms with van der Waals surface area (Å²) in [5.41, 5.74) is 0.994. The van der Waals surface area contributed by atoms with E-state index in [0.29, 0.717) is 6.42 Å². The molecule has 3 aliphatic rings. The van der Waals surface area contributed by atoms with Crippen LogP contribution in [0.4, 0.5) is 0 Å². The van der Waals surface area contributed by atoms with Gasteiger partial charge in [-0.3, -0.25) is 9.79 Å². The van der Waals surface area contributed by atoms with Crippen molar-refractivity contribution in [3.8, 4) is 0 Å². The molecule has 2 N–H and O–H groups in total. The highest BCUT2D eigenvalue weighted by molar-refractivity contribution is 5.99. The predicted molar refractivity (Wildman–Crippen MR) is 79.2 cm³/mol. The van der Waals surface area contributed by atoms with Gasteiger partial charge in [-0.2, -0.15) is 0 Å². The minimum atomic E-state index is -1.04. The summed E-state index contributed by atoms with van der Waals surface area (Å²) in [5.74, 6) is -1.64. The molecule has 0 aromatic rings. The van der Waals surface area contributed by atoms with Gasteiger partial charge in [-0.25, -0.2) is 4.79 Å². The number of carboxylic acids is 1. The van der Waals surface area contributed by atoms with Crippen LogP contribution in [-0.4, -0.2) is 70.5 Å². The van der Waals surface area contributed by atoms with Crippen molar-refractivity contribution in [2.24, 2.45) is 16.8 Å². The Morgan fingerprint density at radius 3 is 2.82 bits per heavy atom. The van der Waals surface area contributed by atoms with Crippen molar-refractivity contribution in [2.75, 3.05) is 20.1 Å². The second-order valence-corrected chi connectivity index (χ2v) is 6.28. The third-order valence-corrected chi connectivity index (χ3v) is 4.96. The fourth-order valence-corrected chi connectivity index (χ4v) is 4.01. The number of aliphatic hydroxyl groups is 1. The molecular weight excluding hydrogens is 286 g/mol. The van der Waals surface area contributed by atoms with Crippen LogP contribution in [0.15, 0.2) is 16.3 Å². The molecule has 0 radical (unpaired) electrons. The minimum absolute atomic E-state index is 0.136. The maximum Gasteiger partial charge on any atom is 0.352 e. The van der Waals surface area contributed by atoms with Crippen molar-refractivity contribution in [1.82, 2.24) is 9.80 Å². The highest BCUT2D eigenvalue weighted by Crippen LogP contribution is 2.47. The number of carbonyl (C=O) groups is 2. The topological polar surface area (TPSA) is 93.4 Å². The van der Waals surface area contributed by atoms with Crippen molar-refractivity contribution in [3.63, 3.8) is 0 Å². The number of hydrogen-bond acceptors (Lipinski definition) is 4. The number of nitrogens with zero attached hydrogens (tertiary/aromatic N) is 3. The number of aliphatic imine (C=N–C) groups is 1. The second kappa shape index (κ2) is 5.39. The second-order valence-electron chi connectivity index (χ2n) is 6.28. The van der Waals surface area contributed by atoms with Crippen LogP contribution in [0, 0.1) is 11.8 Å². The molecule has 0 bridgehead atoms. The molecular formula is C15H21N3O4. The molecule has 4 atom stereocenters. The van der Waals surface area contributed by atoms with E-state index in [1.807, 2.05) is 0 Å². The Kier molecular flexibility index (Phi) is 3.68. The van der Waals surface area contributed by atoms with Crippen LogP contribution in [0.5, 0.6) is 0 Å². The molecule has 0 aromatic carbocycles. The molecule has 0 spiro atoms.